The lowest BCUT2D eigenvalue weighted by Gasteiger charge is -2.37. The molecule has 2 fully saturated rings. The highest BCUT2D eigenvalue weighted by Crippen LogP contribution is 2.11. The molecule has 2 unspecified atom stereocenters. The van der Waals surface area contributed by atoms with Crippen molar-refractivity contribution in [3.05, 3.63) is 0 Å². The Kier molecular flexibility index (Phi) is 4.59. The summed E-state index contributed by atoms with van der Waals surface area (Å²) in [5.74, 6) is 0.242. The van der Waals surface area contributed by atoms with Crippen molar-refractivity contribution in [1.82, 2.24) is 15.1 Å². The smallest absolute Gasteiger partial charge is 0.236 e. The van der Waals surface area contributed by atoms with E-state index in [4.69, 9.17) is 4.74 Å². The topological polar surface area (TPSA) is 44.8 Å². The van der Waals surface area contributed by atoms with E-state index in [1.807, 2.05) is 18.7 Å². The van der Waals surface area contributed by atoms with Crippen molar-refractivity contribution in [1.29, 1.82) is 0 Å². The van der Waals surface area contributed by atoms with E-state index >= 15 is 0 Å². The molecule has 2 saturated heterocycles. The zero-order chi connectivity index (χ0) is 13.1. The Morgan fingerprint density at radius 3 is 2.50 bits per heavy atom. The van der Waals surface area contributed by atoms with Gasteiger partial charge in [0.2, 0.25) is 5.91 Å². The highest BCUT2D eigenvalue weighted by atomic mass is 16.5. The van der Waals surface area contributed by atoms with E-state index in [1.165, 1.54) is 0 Å². The van der Waals surface area contributed by atoms with Crippen LogP contribution in [0.1, 0.15) is 20.8 Å². The molecule has 2 rings (SSSR count). The number of morpholine rings is 1. The molecular weight excluding hydrogens is 230 g/mol. The van der Waals surface area contributed by atoms with Crippen LogP contribution in [0.25, 0.3) is 0 Å². The molecule has 2 aliphatic rings. The maximum absolute atomic E-state index is 12.3. The van der Waals surface area contributed by atoms with Gasteiger partial charge >= 0.3 is 0 Å². The molecule has 0 aromatic rings. The van der Waals surface area contributed by atoms with Crippen molar-refractivity contribution in [2.24, 2.45) is 0 Å². The van der Waals surface area contributed by atoms with Crippen molar-refractivity contribution in [3.63, 3.8) is 0 Å². The molecule has 3 atom stereocenters. The van der Waals surface area contributed by atoms with Gasteiger partial charge in [0.25, 0.3) is 0 Å². The number of nitrogens with one attached hydrogen (secondary N) is 1. The van der Waals surface area contributed by atoms with Gasteiger partial charge in [-0.1, -0.05) is 0 Å². The van der Waals surface area contributed by atoms with Gasteiger partial charge in [0.15, 0.2) is 0 Å². The highest BCUT2D eigenvalue weighted by Gasteiger charge is 2.27. The molecular formula is C13H25N3O2. The van der Waals surface area contributed by atoms with Crippen molar-refractivity contribution >= 4 is 5.91 Å². The van der Waals surface area contributed by atoms with Crippen LogP contribution >= 0.6 is 0 Å². The van der Waals surface area contributed by atoms with Gasteiger partial charge in [0.05, 0.1) is 18.8 Å². The minimum Gasteiger partial charge on any atom is -0.372 e. The van der Waals surface area contributed by atoms with Crippen molar-refractivity contribution < 1.29 is 9.53 Å². The molecule has 104 valence electrons. The van der Waals surface area contributed by atoms with E-state index < -0.39 is 0 Å². The SMILES string of the molecule is CC1CN(C(=O)CN2CCN[C@H](C)C2)CC(C)O1. The third-order valence-electron chi connectivity index (χ3n) is 3.58. The summed E-state index contributed by atoms with van der Waals surface area (Å²) < 4.78 is 5.66. The first-order chi connectivity index (χ1) is 8.54. The molecule has 0 aromatic heterocycles. The van der Waals surface area contributed by atoms with E-state index in [9.17, 15) is 4.79 Å². The van der Waals surface area contributed by atoms with Crippen molar-refractivity contribution in [2.45, 2.75) is 39.0 Å². The zero-order valence-corrected chi connectivity index (χ0v) is 11.7. The Morgan fingerprint density at radius 2 is 1.89 bits per heavy atom. The number of amides is 1. The first-order valence-corrected chi connectivity index (χ1v) is 6.93. The van der Waals surface area contributed by atoms with Crippen LogP contribution in [-0.2, 0) is 9.53 Å². The summed E-state index contributed by atoms with van der Waals surface area (Å²) >= 11 is 0. The first kappa shape index (κ1) is 13.8. The Bertz CT molecular complexity index is 288. The number of ether oxygens (including phenoxy) is 1. The highest BCUT2D eigenvalue weighted by molar-refractivity contribution is 5.78. The minimum atomic E-state index is 0.152. The second-order valence-electron chi connectivity index (χ2n) is 5.65. The number of carbonyl (C=O) groups is 1. The normalized spacial score (nSPS) is 34.6. The fourth-order valence-corrected chi connectivity index (χ4v) is 2.83. The molecule has 0 bridgehead atoms. The quantitative estimate of drug-likeness (QED) is 0.749. The number of hydrogen-bond acceptors (Lipinski definition) is 4. The first-order valence-electron chi connectivity index (χ1n) is 6.93. The Hall–Kier alpha value is -0.650. The van der Waals surface area contributed by atoms with Gasteiger partial charge in [0, 0.05) is 38.8 Å². The van der Waals surface area contributed by atoms with E-state index in [-0.39, 0.29) is 18.1 Å². The Labute approximate surface area is 109 Å². The average molecular weight is 255 g/mol. The molecule has 2 aliphatic heterocycles. The predicted molar refractivity (Wildman–Crippen MR) is 70.5 cm³/mol. The maximum atomic E-state index is 12.3. The number of hydrogen-bond donors (Lipinski definition) is 1. The van der Waals surface area contributed by atoms with Crippen molar-refractivity contribution in [3.8, 4) is 0 Å². The maximum Gasteiger partial charge on any atom is 0.236 e. The molecule has 18 heavy (non-hydrogen) atoms. The fourth-order valence-electron chi connectivity index (χ4n) is 2.83. The van der Waals surface area contributed by atoms with Gasteiger partial charge in [-0.15, -0.1) is 0 Å². The third kappa shape index (κ3) is 3.67. The van der Waals surface area contributed by atoms with E-state index in [1.54, 1.807) is 0 Å². The zero-order valence-electron chi connectivity index (χ0n) is 11.7. The van der Waals surface area contributed by atoms with Gasteiger partial charge in [-0.2, -0.15) is 0 Å². The summed E-state index contributed by atoms with van der Waals surface area (Å²) in [5, 5.41) is 3.39. The van der Waals surface area contributed by atoms with E-state index in [0.29, 0.717) is 12.6 Å². The largest absolute Gasteiger partial charge is 0.372 e. The van der Waals surface area contributed by atoms with Crippen LogP contribution in [0.15, 0.2) is 0 Å². The summed E-state index contributed by atoms with van der Waals surface area (Å²) in [5.41, 5.74) is 0. The Balaban J connectivity index is 1.83. The predicted octanol–water partition coefficient (Wildman–Crippen LogP) is -0.0841. The molecule has 0 aromatic carbocycles. The van der Waals surface area contributed by atoms with Gasteiger partial charge in [0.1, 0.15) is 0 Å². The van der Waals surface area contributed by atoms with Gasteiger partial charge in [-0.3, -0.25) is 9.69 Å². The van der Waals surface area contributed by atoms with Crippen LogP contribution in [-0.4, -0.2) is 73.2 Å². The summed E-state index contributed by atoms with van der Waals surface area (Å²) in [6.45, 7) is 11.1. The second kappa shape index (κ2) is 5.99. The molecule has 1 N–H and O–H groups in total. The standard InChI is InChI=1S/C13H25N3O2/c1-10-6-15(5-4-14-10)9-13(17)16-7-11(2)18-12(3)8-16/h10-12,14H,4-9H2,1-3H3/t10-,11?,12?/m1/s1. The van der Waals surface area contributed by atoms with Gasteiger partial charge < -0.3 is 15.0 Å². The van der Waals surface area contributed by atoms with Crippen LogP contribution < -0.4 is 5.32 Å². The number of nitrogens with zero attached hydrogens (tertiary/aromatic N) is 2. The van der Waals surface area contributed by atoms with Gasteiger partial charge in [-0.25, -0.2) is 0 Å². The molecule has 1 amide bonds. The molecule has 0 saturated carbocycles. The number of carbonyl (C=O) groups excluding carboxylic acids is 1. The van der Waals surface area contributed by atoms with Crippen LogP contribution in [0.4, 0.5) is 0 Å². The van der Waals surface area contributed by atoms with Gasteiger partial charge in [-0.05, 0) is 20.8 Å². The van der Waals surface area contributed by atoms with Crippen LogP contribution in [0, 0.1) is 0 Å². The summed E-state index contributed by atoms with van der Waals surface area (Å²) in [4.78, 5) is 16.5. The van der Waals surface area contributed by atoms with Crippen LogP contribution in [0.5, 0.6) is 0 Å². The third-order valence-corrected chi connectivity index (χ3v) is 3.58. The number of rotatable bonds is 2. The van der Waals surface area contributed by atoms with Crippen LogP contribution in [0.3, 0.4) is 0 Å². The lowest BCUT2D eigenvalue weighted by molar-refractivity contribution is -0.144. The molecule has 0 radical (unpaired) electrons. The van der Waals surface area contributed by atoms with E-state index in [0.717, 1.165) is 32.7 Å². The minimum absolute atomic E-state index is 0.152. The average Bonchev–Trinajstić information content (AvgIpc) is 2.27. The summed E-state index contributed by atoms with van der Waals surface area (Å²) in [7, 11) is 0. The fraction of sp³-hybridized carbons (Fsp3) is 0.923. The molecule has 2 heterocycles. The molecule has 5 heteroatoms. The molecule has 5 nitrogen and oxygen atoms in total. The van der Waals surface area contributed by atoms with E-state index in [2.05, 4.69) is 17.1 Å². The lowest BCUT2D eigenvalue weighted by Crippen LogP contribution is -2.55. The lowest BCUT2D eigenvalue weighted by atomic mass is 10.2. The monoisotopic (exact) mass is 255 g/mol. The second-order valence-corrected chi connectivity index (χ2v) is 5.65. The Morgan fingerprint density at radius 1 is 1.22 bits per heavy atom. The van der Waals surface area contributed by atoms with Crippen molar-refractivity contribution in [2.75, 3.05) is 39.3 Å². The molecule has 0 spiro atoms. The summed E-state index contributed by atoms with van der Waals surface area (Å²) in [6.07, 6.45) is 0.305. The molecule has 0 aliphatic carbocycles. The van der Waals surface area contributed by atoms with Crippen LogP contribution in [0.2, 0.25) is 0 Å². The summed E-state index contributed by atoms with van der Waals surface area (Å²) in [6, 6.07) is 0.481. The number of piperazine rings is 1.